The molecule has 0 radical (unpaired) electrons. The first kappa shape index (κ1) is 11.5. The third-order valence-corrected chi connectivity index (χ3v) is 3.91. The van der Waals surface area contributed by atoms with Crippen molar-refractivity contribution in [2.45, 2.75) is 39.0 Å². The zero-order valence-corrected chi connectivity index (χ0v) is 11.0. The molecule has 0 unspecified atom stereocenters. The number of aryl methyl sites for hydroxylation is 1. The summed E-state index contributed by atoms with van der Waals surface area (Å²) in [5.74, 6) is 0.938. The van der Waals surface area contributed by atoms with E-state index < -0.39 is 0 Å². The lowest BCUT2D eigenvalue weighted by atomic mass is 9.88. The van der Waals surface area contributed by atoms with E-state index in [1.807, 2.05) is 0 Å². The summed E-state index contributed by atoms with van der Waals surface area (Å²) in [4.78, 5) is 11.5. The van der Waals surface area contributed by atoms with Gasteiger partial charge in [-0.25, -0.2) is 0 Å². The van der Waals surface area contributed by atoms with E-state index in [2.05, 4.69) is 44.2 Å². The Bertz CT molecular complexity index is 623. The van der Waals surface area contributed by atoms with Crippen molar-refractivity contribution in [1.29, 1.82) is 0 Å². The number of benzene rings is 2. The summed E-state index contributed by atoms with van der Waals surface area (Å²) in [6.45, 7) is 4.44. The molecule has 0 atom stereocenters. The molecule has 0 heterocycles. The van der Waals surface area contributed by atoms with Crippen LogP contribution in [0.3, 0.4) is 0 Å². The van der Waals surface area contributed by atoms with E-state index in [0.29, 0.717) is 24.5 Å². The zero-order valence-electron chi connectivity index (χ0n) is 11.0. The van der Waals surface area contributed by atoms with Gasteiger partial charge in [-0.15, -0.1) is 0 Å². The Morgan fingerprint density at radius 1 is 0.944 bits per heavy atom. The van der Waals surface area contributed by atoms with Crippen LogP contribution >= 0.6 is 0 Å². The van der Waals surface area contributed by atoms with Crippen molar-refractivity contribution in [3.8, 4) is 0 Å². The Morgan fingerprint density at radius 3 is 2.50 bits per heavy atom. The highest BCUT2D eigenvalue weighted by Crippen LogP contribution is 2.27. The van der Waals surface area contributed by atoms with Gasteiger partial charge in [0.2, 0.25) is 0 Å². The number of hydrogen-bond acceptors (Lipinski definition) is 1. The minimum absolute atomic E-state index is 0.376. The van der Waals surface area contributed by atoms with E-state index >= 15 is 0 Å². The second kappa shape index (κ2) is 4.24. The molecule has 0 aromatic heterocycles. The lowest BCUT2D eigenvalue weighted by Gasteiger charge is -2.16. The molecular weight excluding hydrogens is 220 g/mol. The Morgan fingerprint density at radius 2 is 1.72 bits per heavy atom. The highest BCUT2D eigenvalue weighted by Gasteiger charge is 2.16. The topological polar surface area (TPSA) is 17.1 Å². The molecule has 2 aromatic rings. The highest BCUT2D eigenvalue weighted by atomic mass is 16.1. The zero-order chi connectivity index (χ0) is 12.7. The molecule has 0 aliphatic heterocycles. The van der Waals surface area contributed by atoms with Gasteiger partial charge >= 0.3 is 0 Å². The van der Waals surface area contributed by atoms with Gasteiger partial charge in [0.25, 0.3) is 0 Å². The van der Waals surface area contributed by atoms with Crippen LogP contribution in [0.1, 0.15) is 42.9 Å². The fraction of sp³-hybridized carbons (Fsp3) is 0.353. The SMILES string of the molecule is CC(C)c1ccc2cc3c(cc2c1)CCC(=O)C3. The molecule has 0 saturated carbocycles. The molecule has 0 bridgehead atoms. The summed E-state index contributed by atoms with van der Waals surface area (Å²) in [5.41, 5.74) is 3.98. The van der Waals surface area contributed by atoms with Gasteiger partial charge in [0, 0.05) is 12.8 Å². The predicted octanol–water partition coefficient (Wildman–Crippen LogP) is 4.02. The molecule has 18 heavy (non-hydrogen) atoms. The minimum Gasteiger partial charge on any atom is -0.299 e. The Hall–Kier alpha value is -1.63. The third-order valence-electron chi connectivity index (χ3n) is 3.91. The number of rotatable bonds is 1. The van der Waals surface area contributed by atoms with Crippen LogP contribution in [-0.2, 0) is 17.6 Å². The summed E-state index contributed by atoms with van der Waals surface area (Å²) in [6.07, 6.45) is 2.25. The van der Waals surface area contributed by atoms with E-state index in [1.165, 1.54) is 27.5 Å². The van der Waals surface area contributed by atoms with Crippen LogP contribution in [0.5, 0.6) is 0 Å². The molecule has 3 rings (SSSR count). The van der Waals surface area contributed by atoms with Crippen LogP contribution in [-0.4, -0.2) is 5.78 Å². The maximum absolute atomic E-state index is 11.5. The second-order valence-electron chi connectivity index (χ2n) is 5.60. The number of Topliss-reactive ketones (excluding diaryl/α,β-unsaturated/α-hetero) is 1. The van der Waals surface area contributed by atoms with E-state index in [4.69, 9.17) is 0 Å². The number of carbonyl (C=O) groups excluding carboxylic acids is 1. The third kappa shape index (κ3) is 1.94. The summed E-state index contributed by atoms with van der Waals surface area (Å²) < 4.78 is 0. The van der Waals surface area contributed by atoms with Gasteiger partial charge in [0.1, 0.15) is 5.78 Å². The fourth-order valence-electron chi connectivity index (χ4n) is 2.74. The lowest BCUT2D eigenvalue weighted by Crippen LogP contribution is -2.13. The maximum atomic E-state index is 11.5. The molecule has 0 amide bonds. The lowest BCUT2D eigenvalue weighted by molar-refractivity contribution is -0.118. The van der Waals surface area contributed by atoms with Gasteiger partial charge < -0.3 is 0 Å². The van der Waals surface area contributed by atoms with Crippen LogP contribution in [0, 0.1) is 0 Å². The predicted molar refractivity (Wildman–Crippen MR) is 75.1 cm³/mol. The summed E-state index contributed by atoms with van der Waals surface area (Å²) in [5, 5.41) is 2.57. The Kier molecular flexibility index (Phi) is 2.70. The van der Waals surface area contributed by atoms with Crippen molar-refractivity contribution in [3.05, 3.63) is 47.0 Å². The van der Waals surface area contributed by atoms with Crippen molar-refractivity contribution < 1.29 is 4.79 Å². The van der Waals surface area contributed by atoms with Crippen LogP contribution in [0.25, 0.3) is 10.8 Å². The van der Waals surface area contributed by atoms with Gasteiger partial charge in [0.15, 0.2) is 0 Å². The molecular formula is C17H18O. The molecule has 1 heteroatoms. The number of ketones is 1. The van der Waals surface area contributed by atoms with Crippen molar-refractivity contribution in [2.75, 3.05) is 0 Å². The first-order chi connectivity index (χ1) is 8.63. The molecule has 1 aliphatic rings. The highest BCUT2D eigenvalue weighted by molar-refractivity contribution is 5.89. The standard InChI is InChI=1S/C17H18O/c1-11(2)12-3-4-13-9-16-10-17(18)6-5-14(16)8-15(13)7-12/h3-4,7-9,11H,5-6,10H2,1-2H3. The molecule has 1 aliphatic carbocycles. The molecule has 0 saturated heterocycles. The number of hydrogen-bond donors (Lipinski definition) is 0. The van der Waals surface area contributed by atoms with Gasteiger partial charge in [-0.3, -0.25) is 4.79 Å². The number of carbonyl (C=O) groups is 1. The van der Waals surface area contributed by atoms with Gasteiger partial charge in [0.05, 0.1) is 0 Å². The molecule has 1 nitrogen and oxygen atoms in total. The van der Waals surface area contributed by atoms with Crippen molar-refractivity contribution in [3.63, 3.8) is 0 Å². The summed E-state index contributed by atoms with van der Waals surface area (Å²) >= 11 is 0. The normalized spacial score (nSPS) is 15.2. The smallest absolute Gasteiger partial charge is 0.137 e. The van der Waals surface area contributed by atoms with Crippen LogP contribution < -0.4 is 0 Å². The average Bonchev–Trinajstić information content (AvgIpc) is 2.35. The van der Waals surface area contributed by atoms with Crippen molar-refractivity contribution in [2.24, 2.45) is 0 Å². The Labute approximate surface area is 108 Å². The maximum Gasteiger partial charge on any atom is 0.137 e. The van der Waals surface area contributed by atoms with E-state index in [-0.39, 0.29) is 0 Å². The van der Waals surface area contributed by atoms with Crippen molar-refractivity contribution in [1.82, 2.24) is 0 Å². The van der Waals surface area contributed by atoms with Gasteiger partial charge in [-0.05, 0) is 39.8 Å². The van der Waals surface area contributed by atoms with Gasteiger partial charge in [-0.1, -0.05) is 44.2 Å². The second-order valence-corrected chi connectivity index (χ2v) is 5.60. The van der Waals surface area contributed by atoms with E-state index in [0.717, 1.165) is 6.42 Å². The molecule has 0 fully saturated rings. The van der Waals surface area contributed by atoms with Gasteiger partial charge in [-0.2, -0.15) is 0 Å². The van der Waals surface area contributed by atoms with Crippen molar-refractivity contribution >= 4 is 16.6 Å². The van der Waals surface area contributed by atoms with E-state index in [1.54, 1.807) is 0 Å². The summed E-state index contributed by atoms with van der Waals surface area (Å²) in [6, 6.07) is 11.2. The first-order valence-corrected chi connectivity index (χ1v) is 6.70. The monoisotopic (exact) mass is 238 g/mol. The van der Waals surface area contributed by atoms with E-state index in [9.17, 15) is 4.79 Å². The Balaban J connectivity index is 2.15. The first-order valence-electron chi connectivity index (χ1n) is 6.70. The largest absolute Gasteiger partial charge is 0.299 e. The average molecular weight is 238 g/mol. The molecule has 0 spiro atoms. The van der Waals surface area contributed by atoms with Crippen LogP contribution in [0.2, 0.25) is 0 Å². The minimum atomic E-state index is 0.376. The molecule has 2 aromatic carbocycles. The van der Waals surface area contributed by atoms with Crippen LogP contribution in [0.15, 0.2) is 30.3 Å². The van der Waals surface area contributed by atoms with Crippen LogP contribution in [0.4, 0.5) is 0 Å². The molecule has 92 valence electrons. The summed E-state index contributed by atoms with van der Waals surface area (Å²) in [7, 11) is 0. The number of fused-ring (bicyclic) bond motifs is 2. The molecule has 0 N–H and O–H groups in total. The fourth-order valence-corrected chi connectivity index (χ4v) is 2.74. The quantitative estimate of drug-likeness (QED) is 0.733.